The molecule has 1 atom stereocenters. The van der Waals surface area contributed by atoms with E-state index in [1.807, 2.05) is 30.3 Å². The highest BCUT2D eigenvalue weighted by Gasteiger charge is 2.12. The third-order valence-electron chi connectivity index (χ3n) is 2.98. The number of nitrogens with one attached hydrogen (secondary N) is 2. The number of carbonyl (C=O) groups is 1. The van der Waals surface area contributed by atoms with Gasteiger partial charge >= 0.3 is 0 Å². The Kier molecular flexibility index (Phi) is 4.71. The summed E-state index contributed by atoms with van der Waals surface area (Å²) in [7, 11) is 0. The lowest BCUT2D eigenvalue weighted by Crippen LogP contribution is -2.32. The molecule has 0 aliphatic carbocycles. The van der Waals surface area contributed by atoms with Gasteiger partial charge in [-0.15, -0.1) is 0 Å². The van der Waals surface area contributed by atoms with E-state index in [9.17, 15) is 9.18 Å². The van der Waals surface area contributed by atoms with E-state index in [0.29, 0.717) is 5.56 Å². The Morgan fingerprint density at radius 1 is 1.10 bits per heavy atom. The summed E-state index contributed by atoms with van der Waals surface area (Å²) in [6.07, 6.45) is 0. The first-order chi connectivity index (χ1) is 9.66. The molecule has 0 saturated heterocycles. The number of halogens is 1. The summed E-state index contributed by atoms with van der Waals surface area (Å²) in [5.41, 5.74) is 1.36. The van der Waals surface area contributed by atoms with Gasteiger partial charge in [0.2, 0.25) is 5.91 Å². The van der Waals surface area contributed by atoms with Crippen molar-refractivity contribution >= 4 is 11.6 Å². The van der Waals surface area contributed by atoms with Gasteiger partial charge in [0.25, 0.3) is 0 Å². The van der Waals surface area contributed by atoms with Gasteiger partial charge in [-0.2, -0.15) is 0 Å². The lowest BCUT2D eigenvalue weighted by atomic mass is 10.1. The third-order valence-corrected chi connectivity index (χ3v) is 2.98. The van der Waals surface area contributed by atoms with Gasteiger partial charge in [-0.3, -0.25) is 4.79 Å². The van der Waals surface area contributed by atoms with Crippen LogP contribution in [0.25, 0.3) is 0 Å². The fraction of sp³-hybridized carbons (Fsp3) is 0.188. The van der Waals surface area contributed by atoms with Crippen molar-refractivity contribution in [3.05, 3.63) is 66.0 Å². The van der Waals surface area contributed by atoms with E-state index >= 15 is 0 Å². The molecule has 0 aliphatic heterocycles. The lowest BCUT2D eigenvalue weighted by Gasteiger charge is -2.15. The number of carbonyl (C=O) groups excluding carboxylic acids is 1. The summed E-state index contributed by atoms with van der Waals surface area (Å²) in [5, 5.41) is 5.78. The van der Waals surface area contributed by atoms with Crippen LogP contribution in [-0.2, 0) is 4.79 Å². The Hall–Kier alpha value is -2.36. The number of rotatable bonds is 5. The molecule has 1 unspecified atom stereocenters. The van der Waals surface area contributed by atoms with Crippen molar-refractivity contribution in [3.8, 4) is 0 Å². The molecule has 1 amide bonds. The Balaban J connectivity index is 1.87. The monoisotopic (exact) mass is 272 g/mol. The first-order valence-electron chi connectivity index (χ1n) is 6.49. The molecule has 0 fully saturated rings. The molecule has 0 radical (unpaired) electrons. The number of hydrogen-bond donors (Lipinski definition) is 2. The Morgan fingerprint density at radius 2 is 1.75 bits per heavy atom. The smallest absolute Gasteiger partial charge is 0.239 e. The van der Waals surface area contributed by atoms with Crippen molar-refractivity contribution in [2.75, 3.05) is 11.9 Å². The molecule has 104 valence electrons. The molecule has 2 rings (SSSR count). The predicted octanol–water partition coefficient (Wildman–Crippen LogP) is 3.12. The number of amides is 1. The summed E-state index contributed by atoms with van der Waals surface area (Å²) < 4.78 is 13.6. The van der Waals surface area contributed by atoms with Crippen molar-refractivity contribution in [2.24, 2.45) is 0 Å². The van der Waals surface area contributed by atoms with Gasteiger partial charge in [0.05, 0.1) is 12.6 Å². The van der Waals surface area contributed by atoms with E-state index in [4.69, 9.17) is 0 Å². The van der Waals surface area contributed by atoms with E-state index in [2.05, 4.69) is 10.6 Å². The zero-order chi connectivity index (χ0) is 14.4. The average molecular weight is 272 g/mol. The minimum atomic E-state index is -0.360. The zero-order valence-electron chi connectivity index (χ0n) is 11.3. The van der Waals surface area contributed by atoms with Gasteiger partial charge < -0.3 is 10.6 Å². The number of benzene rings is 2. The maximum atomic E-state index is 13.6. The van der Waals surface area contributed by atoms with E-state index in [-0.39, 0.29) is 24.3 Å². The van der Waals surface area contributed by atoms with Crippen molar-refractivity contribution in [2.45, 2.75) is 13.0 Å². The summed E-state index contributed by atoms with van der Waals surface area (Å²) in [6.45, 7) is 1.92. The Bertz CT molecular complexity index is 572. The van der Waals surface area contributed by atoms with Gasteiger partial charge in [0.1, 0.15) is 5.82 Å². The average Bonchev–Trinajstić information content (AvgIpc) is 2.46. The minimum Gasteiger partial charge on any atom is -0.376 e. The predicted molar refractivity (Wildman–Crippen MR) is 77.9 cm³/mol. The van der Waals surface area contributed by atoms with Crippen LogP contribution in [0, 0.1) is 5.82 Å². The summed E-state index contributed by atoms with van der Waals surface area (Å²) in [5.74, 6) is -0.485. The van der Waals surface area contributed by atoms with Gasteiger partial charge in [0, 0.05) is 11.3 Å². The quantitative estimate of drug-likeness (QED) is 0.878. The molecule has 0 saturated carbocycles. The van der Waals surface area contributed by atoms with Gasteiger partial charge in [-0.1, -0.05) is 36.4 Å². The lowest BCUT2D eigenvalue weighted by molar-refractivity contribution is -0.120. The molecule has 20 heavy (non-hydrogen) atoms. The standard InChI is InChI=1S/C16H17FN2O/c1-12(14-9-5-6-10-15(14)17)19-16(20)11-18-13-7-3-2-4-8-13/h2-10,12,18H,11H2,1H3,(H,19,20). The highest BCUT2D eigenvalue weighted by Crippen LogP contribution is 2.15. The van der Waals surface area contributed by atoms with Crippen LogP contribution >= 0.6 is 0 Å². The van der Waals surface area contributed by atoms with Gasteiger partial charge in [0.15, 0.2) is 0 Å². The highest BCUT2D eigenvalue weighted by molar-refractivity contribution is 5.81. The van der Waals surface area contributed by atoms with E-state index in [0.717, 1.165) is 5.69 Å². The normalized spacial score (nSPS) is 11.7. The van der Waals surface area contributed by atoms with Crippen LogP contribution in [0.1, 0.15) is 18.5 Å². The molecule has 0 spiro atoms. The van der Waals surface area contributed by atoms with Crippen molar-refractivity contribution in [1.82, 2.24) is 5.32 Å². The summed E-state index contributed by atoms with van der Waals surface area (Å²) in [4.78, 5) is 11.8. The Labute approximate surface area is 117 Å². The topological polar surface area (TPSA) is 41.1 Å². The van der Waals surface area contributed by atoms with E-state index in [1.165, 1.54) is 6.07 Å². The zero-order valence-corrected chi connectivity index (χ0v) is 11.3. The third kappa shape index (κ3) is 3.82. The molecule has 3 nitrogen and oxygen atoms in total. The van der Waals surface area contributed by atoms with Crippen LogP contribution in [0.5, 0.6) is 0 Å². The molecule has 2 aromatic rings. The second-order valence-corrected chi connectivity index (χ2v) is 4.53. The molecule has 0 aliphatic rings. The minimum absolute atomic E-state index is 0.156. The maximum absolute atomic E-state index is 13.6. The second-order valence-electron chi connectivity index (χ2n) is 4.53. The van der Waals surface area contributed by atoms with Crippen LogP contribution < -0.4 is 10.6 Å². The number of para-hydroxylation sites is 1. The fourth-order valence-electron chi connectivity index (χ4n) is 1.93. The molecular weight excluding hydrogens is 255 g/mol. The molecule has 0 aromatic heterocycles. The van der Waals surface area contributed by atoms with Crippen LogP contribution in [-0.4, -0.2) is 12.5 Å². The first kappa shape index (κ1) is 14.1. The molecule has 0 heterocycles. The molecule has 2 aromatic carbocycles. The van der Waals surface area contributed by atoms with Crippen LogP contribution in [0.2, 0.25) is 0 Å². The van der Waals surface area contributed by atoms with Crippen LogP contribution in [0.3, 0.4) is 0 Å². The van der Waals surface area contributed by atoms with E-state index < -0.39 is 0 Å². The highest BCUT2D eigenvalue weighted by atomic mass is 19.1. The fourth-order valence-corrected chi connectivity index (χ4v) is 1.93. The second kappa shape index (κ2) is 6.70. The molecular formula is C16H17FN2O. The molecule has 4 heteroatoms. The molecule has 0 bridgehead atoms. The van der Waals surface area contributed by atoms with Crippen LogP contribution in [0.15, 0.2) is 54.6 Å². The van der Waals surface area contributed by atoms with Crippen molar-refractivity contribution < 1.29 is 9.18 Å². The first-order valence-corrected chi connectivity index (χ1v) is 6.49. The maximum Gasteiger partial charge on any atom is 0.239 e. The summed E-state index contributed by atoms with van der Waals surface area (Å²) in [6, 6.07) is 15.5. The van der Waals surface area contributed by atoms with Crippen molar-refractivity contribution in [3.63, 3.8) is 0 Å². The largest absolute Gasteiger partial charge is 0.376 e. The van der Waals surface area contributed by atoms with Gasteiger partial charge in [-0.05, 0) is 25.1 Å². The van der Waals surface area contributed by atoms with Crippen LogP contribution in [0.4, 0.5) is 10.1 Å². The molecule has 2 N–H and O–H groups in total. The summed E-state index contributed by atoms with van der Waals surface area (Å²) >= 11 is 0. The number of hydrogen-bond acceptors (Lipinski definition) is 2. The number of anilines is 1. The van der Waals surface area contributed by atoms with Gasteiger partial charge in [-0.25, -0.2) is 4.39 Å². The van der Waals surface area contributed by atoms with Crippen molar-refractivity contribution in [1.29, 1.82) is 0 Å². The SMILES string of the molecule is CC(NC(=O)CNc1ccccc1)c1ccccc1F. The Morgan fingerprint density at radius 3 is 2.45 bits per heavy atom. The van der Waals surface area contributed by atoms with E-state index in [1.54, 1.807) is 25.1 Å².